The predicted molar refractivity (Wildman–Crippen MR) is 108 cm³/mol. The van der Waals surface area contributed by atoms with Crippen molar-refractivity contribution in [1.82, 2.24) is 4.98 Å². The summed E-state index contributed by atoms with van der Waals surface area (Å²) in [4.78, 5) is 28.2. The smallest absolute Gasteiger partial charge is 0.255 e. The van der Waals surface area contributed by atoms with Crippen molar-refractivity contribution in [2.45, 2.75) is 13.8 Å². The van der Waals surface area contributed by atoms with Crippen LogP contribution in [0.2, 0.25) is 5.02 Å². The topological polar surface area (TPSA) is 71.1 Å². The van der Waals surface area contributed by atoms with Crippen molar-refractivity contribution in [2.75, 3.05) is 10.6 Å². The number of ketones is 1. The molecule has 0 fully saturated rings. The first-order chi connectivity index (χ1) is 12.9. The molecule has 0 saturated carbocycles. The van der Waals surface area contributed by atoms with Gasteiger partial charge in [-0.05, 0) is 55.8 Å². The summed E-state index contributed by atoms with van der Waals surface area (Å²) in [7, 11) is 0. The molecule has 3 aromatic rings. The van der Waals surface area contributed by atoms with Gasteiger partial charge < -0.3 is 10.6 Å². The Hall–Kier alpha value is -3.18. The molecular weight excluding hydrogens is 362 g/mol. The molecule has 6 heteroatoms. The highest BCUT2D eigenvalue weighted by molar-refractivity contribution is 6.31. The first kappa shape index (κ1) is 18.6. The molecule has 0 unspecified atom stereocenters. The Morgan fingerprint density at radius 3 is 2.52 bits per heavy atom. The third-order valence-corrected chi connectivity index (χ3v) is 4.40. The minimum atomic E-state index is -0.266. The number of hydrogen-bond donors (Lipinski definition) is 2. The van der Waals surface area contributed by atoms with Gasteiger partial charge in [-0.1, -0.05) is 29.8 Å². The zero-order valence-corrected chi connectivity index (χ0v) is 15.7. The van der Waals surface area contributed by atoms with Crippen molar-refractivity contribution in [1.29, 1.82) is 0 Å². The first-order valence-corrected chi connectivity index (χ1v) is 8.72. The van der Waals surface area contributed by atoms with Gasteiger partial charge in [-0.25, -0.2) is 4.98 Å². The molecule has 1 heterocycles. The van der Waals surface area contributed by atoms with Gasteiger partial charge in [0, 0.05) is 33.7 Å². The third kappa shape index (κ3) is 4.71. The summed E-state index contributed by atoms with van der Waals surface area (Å²) in [5, 5.41) is 6.52. The maximum absolute atomic E-state index is 12.5. The Labute approximate surface area is 162 Å². The van der Waals surface area contributed by atoms with Gasteiger partial charge in [0.1, 0.15) is 5.82 Å². The number of aromatic nitrogens is 1. The van der Waals surface area contributed by atoms with Crippen molar-refractivity contribution in [2.24, 2.45) is 0 Å². The standard InChI is InChI=1S/C21H18ClN3O2/c1-13-6-7-18(12-19(13)22)25-21(27)16-8-9-23-20(11-16)24-17-5-3-4-15(10-17)14(2)26/h3-12H,1-2H3,(H,23,24)(H,25,27). The lowest BCUT2D eigenvalue weighted by Crippen LogP contribution is -2.12. The van der Waals surface area contributed by atoms with E-state index < -0.39 is 0 Å². The number of Topliss-reactive ketones (excluding diaryl/α,β-unsaturated/α-hetero) is 1. The van der Waals surface area contributed by atoms with Crippen molar-refractivity contribution >= 4 is 40.5 Å². The molecule has 2 N–H and O–H groups in total. The van der Waals surface area contributed by atoms with E-state index in [-0.39, 0.29) is 11.7 Å². The number of nitrogens with one attached hydrogen (secondary N) is 2. The minimum absolute atomic E-state index is 0.0171. The van der Waals surface area contributed by atoms with Gasteiger partial charge in [-0.3, -0.25) is 9.59 Å². The number of halogens is 1. The molecule has 0 aliphatic rings. The molecule has 0 aliphatic heterocycles. The summed E-state index contributed by atoms with van der Waals surface area (Å²) in [5.74, 6) is 0.222. The van der Waals surface area contributed by atoms with Gasteiger partial charge in [-0.2, -0.15) is 0 Å². The maximum atomic E-state index is 12.5. The lowest BCUT2D eigenvalue weighted by molar-refractivity contribution is 0.101. The Kier molecular flexibility index (Phi) is 5.52. The highest BCUT2D eigenvalue weighted by atomic mass is 35.5. The number of anilines is 3. The normalized spacial score (nSPS) is 10.3. The average molecular weight is 380 g/mol. The van der Waals surface area contributed by atoms with Crippen LogP contribution < -0.4 is 10.6 Å². The largest absolute Gasteiger partial charge is 0.340 e. The lowest BCUT2D eigenvalue weighted by Gasteiger charge is -2.10. The van der Waals surface area contributed by atoms with Gasteiger partial charge in [-0.15, -0.1) is 0 Å². The molecule has 27 heavy (non-hydrogen) atoms. The van der Waals surface area contributed by atoms with E-state index >= 15 is 0 Å². The number of carbonyl (C=O) groups is 2. The average Bonchev–Trinajstić information content (AvgIpc) is 2.65. The molecule has 0 aliphatic carbocycles. The van der Waals surface area contributed by atoms with Crippen molar-refractivity contribution in [3.63, 3.8) is 0 Å². The Morgan fingerprint density at radius 1 is 0.963 bits per heavy atom. The van der Waals surface area contributed by atoms with E-state index in [2.05, 4.69) is 15.6 Å². The summed E-state index contributed by atoms with van der Waals surface area (Å²) >= 11 is 6.10. The van der Waals surface area contributed by atoms with Crippen molar-refractivity contribution in [3.8, 4) is 0 Å². The quantitative estimate of drug-likeness (QED) is 0.594. The fourth-order valence-electron chi connectivity index (χ4n) is 2.48. The summed E-state index contributed by atoms with van der Waals surface area (Å²) in [6, 6.07) is 15.7. The molecule has 1 aromatic heterocycles. The molecule has 0 saturated heterocycles. The molecule has 1 amide bonds. The maximum Gasteiger partial charge on any atom is 0.255 e. The summed E-state index contributed by atoms with van der Waals surface area (Å²) in [6.07, 6.45) is 1.55. The fraction of sp³-hybridized carbons (Fsp3) is 0.0952. The molecule has 3 rings (SSSR count). The molecule has 0 radical (unpaired) electrons. The number of amides is 1. The second kappa shape index (κ2) is 8.01. The summed E-state index contributed by atoms with van der Waals surface area (Å²) in [6.45, 7) is 3.41. The van der Waals surface area contributed by atoms with Crippen LogP contribution in [0, 0.1) is 6.92 Å². The SMILES string of the molecule is CC(=O)c1cccc(Nc2cc(C(=O)Nc3ccc(C)c(Cl)c3)ccn2)c1. The van der Waals surface area contributed by atoms with Gasteiger partial charge in [0.15, 0.2) is 5.78 Å². The number of aryl methyl sites for hydroxylation is 1. The molecule has 0 atom stereocenters. The number of carbonyl (C=O) groups excluding carboxylic acids is 2. The van der Waals surface area contributed by atoms with Gasteiger partial charge in [0.25, 0.3) is 5.91 Å². The van der Waals surface area contributed by atoms with E-state index in [0.29, 0.717) is 27.7 Å². The first-order valence-electron chi connectivity index (χ1n) is 8.34. The van der Waals surface area contributed by atoms with Crippen LogP contribution in [0.1, 0.15) is 33.2 Å². The molecule has 5 nitrogen and oxygen atoms in total. The number of nitrogens with zero attached hydrogens (tertiary/aromatic N) is 1. The Balaban J connectivity index is 1.76. The lowest BCUT2D eigenvalue weighted by atomic mass is 10.1. The van der Waals surface area contributed by atoms with E-state index in [1.165, 1.54) is 6.92 Å². The number of hydrogen-bond acceptors (Lipinski definition) is 4. The van der Waals surface area contributed by atoms with E-state index in [1.54, 1.807) is 48.7 Å². The van der Waals surface area contributed by atoms with E-state index in [4.69, 9.17) is 11.6 Å². The predicted octanol–water partition coefficient (Wildman–Crippen LogP) is 5.24. The van der Waals surface area contributed by atoms with Crippen LogP contribution in [0.25, 0.3) is 0 Å². The third-order valence-electron chi connectivity index (χ3n) is 3.99. The number of benzene rings is 2. The molecule has 136 valence electrons. The number of pyridine rings is 1. The van der Waals surface area contributed by atoms with Crippen LogP contribution in [-0.4, -0.2) is 16.7 Å². The number of rotatable bonds is 5. The zero-order valence-electron chi connectivity index (χ0n) is 14.9. The van der Waals surface area contributed by atoms with E-state index in [9.17, 15) is 9.59 Å². The van der Waals surface area contributed by atoms with Gasteiger partial charge in [0.2, 0.25) is 0 Å². The molecule has 0 bridgehead atoms. The summed E-state index contributed by atoms with van der Waals surface area (Å²) < 4.78 is 0. The molecular formula is C21H18ClN3O2. The van der Waals surface area contributed by atoms with E-state index in [1.807, 2.05) is 19.1 Å². The fourth-order valence-corrected chi connectivity index (χ4v) is 2.66. The second-order valence-corrected chi connectivity index (χ2v) is 6.52. The van der Waals surface area contributed by atoms with Crippen LogP contribution >= 0.6 is 11.6 Å². The van der Waals surface area contributed by atoms with Crippen LogP contribution in [0.15, 0.2) is 60.8 Å². The minimum Gasteiger partial charge on any atom is -0.340 e. The Bertz CT molecular complexity index is 1020. The second-order valence-electron chi connectivity index (χ2n) is 6.11. The van der Waals surface area contributed by atoms with Gasteiger partial charge in [0.05, 0.1) is 0 Å². The van der Waals surface area contributed by atoms with Crippen LogP contribution in [0.3, 0.4) is 0 Å². The van der Waals surface area contributed by atoms with Crippen LogP contribution in [0.4, 0.5) is 17.2 Å². The Morgan fingerprint density at radius 2 is 1.78 bits per heavy atom. The monoisotopic (exact) mass is 379 g/mol. The summed E-state index contributed by atoms with van der Waals surface area (Å²) in [5.41, 5.74) is 3.34. The molecule has 0 spiro atoms. The van der Waals surface area contributed by atoms with Crippen molar-refractivity contribution in [3.05, 3.63) is 82.5 Å². The molecule has 2 aromatic carbocycles. The van der Waals surface area contributed by atoms with E-state index in [0.717, 1.165) is 11.3 Å². The van der Waals surface area contributed by atoms with Crippen LogP contribution in [-0.2, 0) is 0 Å². The highest BCUT2D eigenvalue weighted by Crippen LogP contribution is 2.21. The van der Waals surface area contributed by atoms with Gasteiger partial charge >= 0.3 is 0 Å². The highest BCUT2D eigenvalue weighted by Gasteiger charge is 2.09. The zero-order chi connectivity index (χ0) is 19.4. The van der Waals surface area contributed by atoms with Crippen LogP contribution in [0.5, 0.6) is 0 Å². The van der Waals surface area contributed by atoms with Crippen molar-refractivity contribution < 1.29 is 9.59 Å².